The maximum absolute atomic E-state index is 12.8. The maximum atomic E-state index is 12.8. The first-order valence-corrected chi connectivity index (χ1v) is 10.4. The van der Waals surface area contributed by atoms with Gasteiger partial charge in [0.05, 0.1) is 22.8 Å². The first-order valence-electron chi connectivity index (χ1n) is 9.13. The molecule has 0 saturated carbocycles. The highest BCUT2D eigenvalue weighted by Crippen LogP contribution is 2.34. The summed E-state index contributed by atoms with van der Waals surface area (Å²) in [6.07, 6.45) is 1.59. The minimum atomic E-state index is -1.11. The molecule has 0 bridgehead atoms. The smallest absolute Gasteiger partial charge is 0.337 e. The van der Waals surface area contributed by atoms with Gasteiger partial charge in [0, 0.05) is 11.6 Å². The average Bonchev–Trinajstić information content (AvgIpc) is 3.34. The van der Waals surface area contributed by atoms with E-state index >= 15 is 0 Å². The molecule has 31 heavy (non-hydrogen) atoms. The van der Waals surface area contributed by atoms with Crippen LogP contribution in [0.5, 0.6) is 0 Å². The summed E-state index contributed by atoms with van der Waals surface area (Å²) < 4.78 is 6.08. The van der Waals surface area contributed by atoms with Crippen molar-refractivity contribution in [3.63, 3.8) is 0 Å². The van der Waals surface area contributed by atoms with Gasteiger partial charge >= 0.3 is 5.97 Å². The number of carboxylic acid groups (broad SMARTS) is 1. The van der Waals surface area contributed by atoms with Crippen LogP contribution in [0.2, 0.25) is 0 Å². The Hall–Kier alpha value is -3.40. The zero-order valence-corrected chi connectivity index (χ0v) is 17.6. The Balaban J connectivity index is 1.55. The molecular formula is C22H16N2O5S2. The van der Waals surface area contributed by atoms with Crippen molar-refractivity contribution in [2.45, 2.75) is 6.61 Å². The largest absolute Gasteiger partial charge is 0.478 e. The second-order valence-electron chi connectivity index (χ2n) is 6.54. The lowest BCUT2D eigenvalue weighted by Crippen LogP contribution is -2.34. The summed E-state index contributed by atoms with van der Waals surface area (Å²) >= 11 is 6.38. The number of anilines is 1. The number of amides is 1. The second kappa shape index (κ2) is 8.76. The number of thioether (sulfide) groups is 1. The molecule has 1 saturated heterocycles. The van der Waals surface area contributed by atoms with Crippen LogP contribution in [0.1, 0.15) is 21.7 Å². The highest BCUT2D eigenvalue weighted by Gasteiger charge is 2.33. The summed E-state index contributed by atoms with van der Waals surface area (Å²) in [6.45, 7) is -0.0676. The molecule has 4 rings (SSSR count). The number of hydrogen-bond acceptors (Lipinski definition) is 7. The van der Waals surface area contributed by atoms with Gasteiger partial charge < -0.3 is 14.6 Å². The molecule has 3 aromatic rings. The summed E-state index contributed by atoms with van der Waals surface area (Å²) in [5.41, 5.74) is 4.66. The van der Waals surface area contributed by atoms with Gasteiger partial charge in [0.2, 0.25) is 0 Å². The molecule has 1 fully saturated rings. The Morgan fingerprint density at radius 1 is 1.16 bits per heavy atom. The molecule has 2 aromatic carbocycles. The van der Waals surface area contributed by atoms with E-state index in [1.807, 2.05) is 24.3 Å². The number of benzene rings is 2. The Bertz CT molecular complexity index is 1220. The predicted molar refractivity (Wildman–Crippen MR) is 122 cm³/mol. The normalized spacial score (nSPS) is 15.0. The van der Waals surface area contributed by atoms with Gasteiger partial charge in [-0.3, -0.25) is 10.2 Å². The first-order chi connectivity index (χ1) is 15.0. The van der Waals surface area contributed by atoms with Crippen LogP contribution in [0, 0.1) is 0 Å². The number of carbonyl (C=O) groups excluding carboxylic acids is 1. The fourth-order valence-electron chi connectivity index (χ4n) is 2.99. The molecular weight excluding hydrogens is 436 g/mol. The summed E-state index contributed by atoms with van der Waals surface area (Å²) in [6, 6.07) is 17.1. The van der Waals surface area contributed by atoms with Crippen molar-refractivity contribution in [3.05, 3.63) is 82.5 Å². The van der Waals surface area contributed by atoms with Crippen LogP contribution in [0.3, 0.4) is 0 Å². The van der Waals surface area contributed by atoms with Gasteiger partial charge in [-0.15, -0.1) is 0 Å². The van der Waals surface area contributed by atoms with Gasteiger partial charge in [-0.05, 0) is 48.1 Å². The fraction of sp³-hybridized carbons (Fsp3) is 0.0455. The number of rotatable bonds is 6. The fourth-order valence-corrected chi connectivity index (χ4v) is 4.15. The van der Waals surface area contributed by atoms with Gasteiger partial charge in [0.15, 0.2) is 4.32 Å². The molecule has 0 radical (unpaired) electrons. The molecule has 9 heteroatoms. The van der Waals surface area contributed by atoms with Crippen LogP contribution in [-0.4, -0.2) is 31.4 Å². The van der Waals surface area contributed by atoms with Gasteiger partial charge in [-0.25, -0.2) is 9.80 Å². The molecule has 2 heterocycles. The van der Waals surface area contributed by atoms with E-state index in [2.05, 4.69) is 5.43 Å². The Morgan fingerprint density at radius 2 is 1.97 bits per heavy atom. The zero-order chi connectivity index (χ0) is 22.0. The molecule has 0 atom stereocenters. The second-order valence-corrected chi connectivity index (χ2v) is 8.22. The van der Waals surface area contributed by atoms with E-state index in [0.29, 0.717) is 16.4 Å². The topological polar surface area (TPSA) is 103 Å². The number of aliphatic hydroxyl groups excluding tert-OH is 1. The molecule has 3 N–H and O–H groups in total. The summed E-state index contributed by atoms with van der Waals surface area (Å²) in [4.78, 5) is 24.6. The van der Waals surface area contributed by atoms with E-state index < -0.39 is 11.9 Å². The van der Waals surface area contributed by atoms with E-state index in [1.165, 1.54) is 6.07 Å². The minimum absolute atomic E-state index is 0.0290. The molecule has 0 spiro atoms. The molecule has 156 valence electrons. The quantitative estimate of drug-likeness (QED) is 0.374. The third-order valence-corrected chi connectivity index (χ3v) is 5.78. The lowest BCUT2D eigenvalue weighted by atomic mass is 10.1. The highest BCUT2D eigenvalue weighted by molar-refractivity contribution is 8.26. The summed E-state index contributed by atoms with van der Waals surface area (Å²) in [7, 11) is 0. The van der Waals surface area contributed by atoms with Crippen molar-refractivity contribution >= 4 is 51.9 Å². The standard InChI is InChI=1S/C22H16N2O5S2/c25-12-13-4-3-5-14(10-13)18-9-8-15(29-18)11-19-20(26)24(22(30)31-19)23-17-7-2-1-6-16(17)21(27)28/h1-11,23,25H,12H2,(H,27,28)/b19-11+. The van der Waals surface area contributed by atoms with Crippen molar-refractivity contribution in [2.75, 3.05) is 5.43 Å². The molecule has 0 aliphatic carbocycles. The summed E-state index contributed by atoms with van der Waals surface area (Å²) in [5.74, 6) is -0.450. The van der Waals surface area contributed by atoms with E-state index in [1.54, 1.807) is 36.4 Å². The van der Waals surface area contributed by atoms with Crippen molar-refractivity contribution in [1.29, 1.82) is 0 Å². The molecule has 0 unspecified atom stereocenters. The lowest BCUT2D eigenvalue weighted by molar-refractivity contribution is -0.121. The third-order valence-electron chi connectivity index (χ3n) is 4.48. The number of aliphatic hydroxyl groups is 1. The monoisotopic (exact) mass is 452 g/mol. The van der Waals surface area contributed by atoms with E-state index in [4.69, 9.17) is 16.6 Å². The van der Waals surface area contributed by atoms with Gasteiger partial charge in [0.25, 0.3) is 5.91 Å². The molecule has 1 amide bonds. The van der Waals surface area contributed by atoms with Crippen molar-refractivity contribution in [1.82, 2.24) is 5.01 Å². The van der Waals surface area contributed by atoms with Crippen LogP contribution in [-0.2, 0) is 11.4 Å². The van der Waals surface area contributed by atoms with Crippen LogP contribution in [0.15, 0.2) is 70.0 Å². The number of aromatic carboxylic acids is 1. The van der Waals surface area contributed by atoms with Gasteiger partial charge in [-0.1, -0.05) is 42.1 Å². The van der Waals surface area contributed by atoms with Gasteiger partial charge in [0.1, 0.15) is 11.5 Å². The van der Waals surface area contributed by atoms with E-state index in [0.717, 1.165) is 27.9 Å². The zero-order valence-electron chi connectivity index (χ0n) is 15.9. The van der Waals surface area contributed by atoms with Crippen LogP contribution >= 0.6 is 24.0 Å². The first kappa shape index (κ1) is 20.9. The van der Waals surface area contributed by atoms with Crippen molar-refractivity contribution in [3.8, 4) is 11.3 Å². The summed E-state index contributed by atoms with van der Waals surface area (Å²) in [5, 5.41) is 19.8. The number of nitrogens with one attached hydrogen (secondary N) is 1. The Morgan fingerprint density at radius 3 is 2.74 bits per heavy atom. The van der Waals surface area contributed by atoms with Crippen molar-refractivity contribution in [2.24, 2.45) is 0 Å². The Kier molecular flexibility index (Phi) is 5.90. The highest BCUT2D eigenvalue weighted by atomic mass is 32.2. The van der Waals surface area contributed by atoms with Crippen LogP contribution in [0.4, 0.5) is 5.69 Å². The maximum Gasteiger partial charge on any atom is 0.337 e. The van der Waals surface area contributed by atoms with Gasteiger partial charge in [-0.2, -0.15) is 0 Å². The van der Waals surface area contributed by atoms with Crippen molar-refractivity contribution < 1.29 is 24.2 Å². The van der Waals surface area contributed by atoms with Crippen LogP contribution in [0.25, 0.3) is 17.4 Å². The molecule has 1 aliphatic heterocycles. The Labute approximate surface area is 187 Å². The SMILES string of the molecule is O=C(O)c1ccccc1NN1C(=O)/C(=C\c2ccc(-c3cccc(CO)c3)o2)SC1=S. The number of carbonyl (C=O) groups is 2. The average molecular weight is 453 g/mol. The number of hydrogen-bond donors (Lipinski definition) is 3. The van der Waals surface area contributed by atoms with Crippen LogP contribution < -0.4 is 5.43 Å². The number of furan rings is 1. The number of hydrazine groups is 1. The number of carboxylic acids is 1. The number of thiocarbonyl (C=S) groups is 1. The molecule has 1 aliphatic rings. The third kappa shape index (κ3) is 4.38. The predicted octanol–water partition coefficient (Wildman–Crippen LogP) is 4.37. The molecule has 7 nitrogen and oxygen atoms in total. The minimum Gasteiger partial charge on any atom is -0.478 e. The lowest BCUT2D eigenvalue weighted by Gasteiger charge is -2.18. The van der Waals surface area contributed by atoms with E-state index in [9.17, 15) is 19.8 Å². The molecule has 1 aromatic heterocycles. The number of nitrogens with zero attached hydrogens (tertiary/aromatic N) is 1. The number of para-hydroxylation sites is 1. The van der Waals surface area contributed by atoms with E-state index in [-0.39, 0.29) is 22.2 Å².